The average Bonchev–Trinajstić information content (AvgIpc) is 2.33. The van der Waals surface area contributed by atoms with Crippen LogP contribution < -0.4 is 0 Å². The van der Waals surface area contributed by atoms with E-state index in [1.54, 1.807) is 18.2 Å². The number of nitriles is 1. The van der Waals surface area contributed by atoms with Crippen molar-refractivity contribution in [2.75, 3.05) is 13.2 Å². The van der Waals surface area contributed by atoms with Crippen molar-refractivity contribution >= 4 is 23.2 Å². The minimum absolute atomic E-state index is 0.541. The van der Waals surface area contributed by atoms with Crippen LogP contribution in [-0.2, 0) is 10.2 Å². The molecule has 84 valence electrons. The van der Waals surface area contributed by atoms with Crippen LogP contribution in [0.15, 0.2) is 18.2 Å². The van der Waals surface area contributed by atoms with Gasteiger partial charge in [-0.05, 0) is 36.6 Å². The molecule has 2 nitrogen and oxygen atoms in total. The summed E-state index contributed by atoms with van der Waals surface area (Å²) in [5.41, 5.74) is 0.285. The van der Waals surface area contributed by atoms with Crippen molar-refractivity contribution in [1.29, 1.82) is 5.26 Å². The number of hydrogen-bond donors (Lipinski definition) is 0. The zero-order valence-corrected chi connectivity index (χ0v) is 10.2. The molecule has 1 aliphatic heterocycles. The van der Waals surface area contributed by atoms with E-state index >= 15 is 0 Å². The van der Waals surface area contributed by atoms with Gasteiger partial charge in [-0.25, -0.2) is 0 Å². The highest BCUT2D eigenvalue weighted by Crippen LogP contribution is 2.39. The summed E-state index contributed by atoms with van der Waals surface area (Å²) in [6, 6.07) is 7.65. The molecule has 1 aromatic rings. The molecule has 0 aromatic heterocycles. The average molecular weight is 256 g/mol. The Kier molecular flexibility index (Phi) is 3.39. The van der Waals surface area contributed by atoms with Crippen molar-refractivity contribution in [3.05, 3.63) is 33.8 Å². The van der Waals surface area contributed by atoms with Gasteiger partial charge in [-0.15, -0.1) is 0 Å². The first-order valence-corrected chi connectivity index (χ1v) is 5.88. The largest absolute Gasteiger partial charge is 0.381 e. The van der Waals surface area contributed by atoms with Crippen LogP contribution in [0, 0.1) is 11.3 Å². The van der Waals surface area contributed by atoms with Gasteiger partial charge in [-0.1, -0.05) is 23.2 Å². The van der Waals surface area contributed by atoms with E-state index in [4.69, 9.17) is 27.9 Å². The molecule has 1 fully saturated rings. The van der Waals surface area contributed by atoms with E-state index in [0.29, 0.717) is 36.1 Å². The maximum absolute atomic E-state index is 9.40. The van der Waals surface area contributed by atoms with E-state index in [2.05, 4.69) is 6.07 Å². The fourth-order valence-corrected chi connectivity index (χ4v) is 2.50. The lowest BCUT2D eigenvalue weighted by Crippen LogP contribution is -2.32. The first-order chi connectivity index (χ1) is 7.68. The summed E-state index contributed by atoms with van der Waals surface area (Å²) in [6.07, 6.45) is 1.34. The van der Waals surface area contributed by atoms with Crippen LogP contribution in [0.5, 0.6) is 0 Å². The van der Waals surface area contributed by atoms with Gasteiger partial charge in [0.15, 0.2) is 0 Å². The molecule has 0 bridgehead atoms. The second-order valence-corrected chi connectivity index (χ2v) is 4.77. The topological polar surface area (TPSA) is 33.0 Å². The van der Waals surface area contributed by atoms with Gasteiger partial charge < -0.3 is 4.74 Å². The summed E-state index contributed by atoms with van der Waals surface area (Å²) in [5, 5.41) is 10.6. The van der Waals surface area contributed by atoms with Crippen LogP contribution in [0.2, 0.25) is 10.0 Å². The van der Waals surface area contributed by atoms with Crippen molar-refractivity contribution in [3.63, 3.8) is 0 Å². The van der Waals surface area contributed by atoms with Crippen molar-refractivity contribution in [2.45, 2.75) is 18.3 Å². The van der Waals surface area contributed by atoms with Crippen LogP contribution in [0.3, 0.4) is 0 Å². The molecule has 0 N–H and O–H groups in total. The van der Waals surface area contributed by atoms with Crippen LogP contribution in [-0.4, -0.2) is 13.2 Å². The van der Waals surface area contributed by atoms with Crippen LogP contribution in [0.1, 0.15) is 18.4 Å². The lowest BCUT2D eigenvalue weighted by atomic mass is 9.75. The number of hydrogen-bond acceptors (Lipinski definition) is 2. The zero-order chi connectivity index (χ0) is 11.6. The Morgan fingerprint density at radius 1 is 1.25 bits per heavy atom. The molecule has 0 unspecified atom stereocenters. The number of benzene rings is 1. The SMILES string of the molecule is N#CC1(c2cc(Cl)ccc2Cl)CCOCC1. The lowest BCUT2D eigenvalue weighted by Gasteiger charge is -2.31. The fraction of sp³-hybridized carbons (Fsp3) is 0.417. The van der Waals surface area contributed by atoms with Crippen molar-refractivity contribution in [1.82, 2.24) is 0 Å². The predicted octanol–water partition coefficient (Wildman–Crippen LogP) is 3.57. The predicted molar refractivity (Wildman–Crippen MR) is 63.8 cm³/mol. The third kappa shape index (κ3) is 2.04. The fourth-order valence-electron chi connectivity index (χ4n) is 2.03. The standard InChI is InChI=1S/C12H11Cl2NO/c13-9-1-2-11(14)10(7-9)12(8-15)3-5-16-6-4-12/h1-2,7H,3-6H2. The Morgan fingerprint density at radius 2 is 1.94 bits per heavy atom. The van der Waals surface area contributed by atoms with Gasteiger partial charge in [0.25, 0.3) is 0 Å². The molecule has 4 heteroatoms. The minimum atomic E-state index is -0.541. The van der Waals surface area contributed by atoms with Gasteiger partial charge in [0.2, 0.25) is 0 Å². The van der Waals surface area contributed by atoms with Gasteiger partial charge >= 0.3 is 0 Å². The third-order valence-corrected chi connectivity index (χ3v) is 3.57. The van der Waals surface area contributed by atoms with Crippen molar-refractivity contribution in [3.8, 4) is 6.07 Å². The third-order valence-electron chi connectivity index (χ3n) is 3.00. The Labute approximate surface area is 105 Å². The van der Waals surface area contributed by atoms with E-state index in [9.17, 15) is 5.26 Å². The first kappa shape index (κ1) is 11.7. The molecule has 0 saturated carbocycles. The van der Waals surface area contributed by atoms with E-state index in [1.807, 2.05) is 0 Å². The van der Waals surface area contributed by atoms with Crippen LogP contribution >= 0.6 is 23.2 Å². The summed E-state index contributed by atoms with van der Waals surface area (Å²) >= 11 is 12.1. The summed E-state index contributed by atoms with van der Waals surface area (Å²) in [4.78, 5) is 0. The quantitative estimate of drug-likeness (QED) is 0.769. The summed E-state index contributed by atoms with van der Waals surface area (Å²) < 4.78 is 5.29. The number of nitrogens with zero attached hydrogens (tertiary/aromatic N) is 1. The molecular weight excluding hydrogens is 245 g/mol. The number of halogens is 2. The Morgan fingerprint density at radius 3 is 2.56 bits per heavy atom. The molecule has 1 saturated heterocycles. The van der Waals surface area contributed by atoms with Gasteiger partial charge in [0.1, 0.15) is 0 Å². The molecule has 0 radical (unpaired) electrons. The Hall–Kier alpha value is -0.750. The molecule has 1 heterocycles. The second kappa shape index (κ2) is 4.63. The Balaban J connectivity index is 2.47. The zero-order valence-electron chi connectivity index (χ0n) is 8.67. The molecular formula is C12H11Cl2NO. The lowest BCUT2D eigenvalue weighted by molar-refractivity contribution is 0.0676. The van der Waals surface area contributed by atoms with Crippen LogP contribution in [0.25, 0.3) is 0 Å². The second-order valence-electron chi connectivity index (χ2n) is 3.93. The molecule has 1 aliphatic rings. The maximum Gasteiger partial charge on any atom is 0.0880 e. The summed E-state index contributed by atoms with van der Waals surface area (Å²) in [6.45, 7) is 1.19. The first-order valence-electron chi connectivity index (χ1n) is 5.12. The Bertz CT molecular complexity index is 433. The summed E-state index contributed by atoms with van der Waals surface area (Å²) in [7, 11) is 0. The normalized spacial score (nSPS) is 19.1. The van der Waals surface area contributed by atoms with Gasteiger partial charge in [0, 0.05) is 23.3 Å². The molecule has 1 aromatic carbocycles. The van der Waals surface area contributed by atoms with E-state index in [1.165, 1.54) is 0 Å². The molecule has 2 rings (SSSR count). The van der Waals surface area contributed by atoms with E-state index in [0.717, 1.165) is 5.56 Å². The molecule has 16 heavy (non-hydrogen) atoms. The summed E-state index contributed by atoms with van der Waals surface area (Å²) in [5.74, 6) is 0. The highest BCUT2D eigenvalue weighted by Gasteiger charge is 2.36. The van der Waals surface area contributed by atoms with Crippen LogP contribution in [0.4, 0.5) is 0 Å². The minimum Gasteiger partial charge on any atom is -0.381 e. The van der Waals surface area contributed by atoms with E-state index < -0.39 is 5.41 Å². The molecule has 0 spiro atoms. The van der Waals surface area contributed by atoms with Gasteiger partial charge in [-0.2, -0.15) is 5.26 Å². The highest BCUT2D eigenvalue weighted by atomic mass is 35.5. The highest BCUT2D eigenvalue weighted by molar-refractivity contribution is 6.33. The molecule has 0 atom stereocenters. The molecule has 0 aliphatic carbocycles. The maximum atomic E-state index is 9.40. The van der Waals surface area contributed by atoms with Crippen molar-refractivity contribution < 1.29 is 4.74 Å². The number of ether oxygens (including phenoxy) is 1. The number of rotatable bonds is 1. The van der Waals surface area contributed by atoms with Gasteiger partial charge in [0.05, 0.1) is 11.5 Å². The molecule has 0 amide bonds. The smallest absolute Gasteiger partial charge is 0.0880 e. The monoisotopic (exact) mass is 255 g/mol. The van der Waals surface area contributed by atoms with E-state index in [-0.39, 0.29) is 0 Å². The van der Waals surface area contributed by atoms with Gasteiger partial charge in [-0.3, -0.25) is 0 Å². The van der Waals surface area contributed by atoms with Crippen molar-refractivity contribution in [2.24, 2.45) is 0 Å².